The minimum Gasteiger partial charge on any atom is -0.464 e. The summed E-state index contributed by atoms with van der Waals surface area (Å²) in [5.41, 5.74) is 0.833. The Bertz CT molecular complexity index is 680. The number of aromatic nitrogens is 1. The van der Waals surface area contributed by atoms with E-state index in [1.807, 2.05) is 36.4 Å². The summed E-state index contributed by atoms with van der Waals surface area (Å²) in [6, 6.07) is 11.3. The molecule has 16 heavy (non-hydrogen) atoms. The fraction of sp³-hybridized carbons (Fsp3) is 0. The largest absolute Gasteiger partial charge is 0.464 e. The highest BCUT2D eigenvalue weighted by atomic mass is 16.3. The van der Waals surface area contributed by atoms with Crippen LogP contribution in [0.15, 0.2) is 58.1 Å². The number of H-pyrrole nitrogens is 1. The summed E-state index contributed by atoms with van der Waals surface area (Å²) in [5.74, 6) is 0.769. The van der Waals surface area contributed by atoms with Gasteiger partial charge in [0.05, 0.1) is 6.26 Å². The molecule has 0 saturated carbocycles. The molecule has 0 atom stereocenters. The summed E-state index contributed by atoms with van der Waals surface area (Å²) >= 11 is 0. The van der Waals surface area contributed by atoms with Gasteiger partial charge in [0.25, 0.3) is 5.56 Å². The number of benzene rings is 1. The zero-order chi connectivity index (χ0) is 11.0. The predicted octanol–water partition coefficient (Wildman–Crippen LogP) is 2.79. The number of hydrogen-bond acceptors (Lipinski definition) is 2. The van der Waals surface area contributed by atoms with Gasteiger partial charge in [-0.2, -0.15) is 0 Å². The van der Waals surface area contributed by atoms with Crippen molar-refractivity contribution in [1.82, 2.24) is 4.98 Å². The van der Waals surface area contributed by atoms with Crippen molar-refractivity contribution in [2.75, 3.05) is 0 Å². The van der Waals surface area contributed by atoms with Gasteiger partial charge in [0, 0.05) is 17.1 Å². The molecule has 2 aromatic heterocycles. The molecule has 3 rings (SSSR count). The summed E-state index contributed by atoms with van der Waals surface area (Å²) in [7, 11) is 0. The molecule has 78 valence electrons. The number of hydrogen-bond donors (Lipinski definition) is 1. The van der Waals surface area contributed by atoms with E-state index in [4.69, 9.17) is 4.42 Å². The Kier molecular flexibility index (Phi) is 1.90. The van der Waals surface area contributed by atoms with Crippen LogP contribution in [0.1, 0.15) is 0 Å². The van der Waals surface area contributed by atoms with Crippen LogP contribution in [0, 0.1) is 0 Å². The van der Waals surface area contributed by atoms with Gasteiger partial charge < -0.3 is 9.40 Å². The van der Waals surface area contributed by atoms with E-state index in [9.17, 15) is 4.79 Å². The molecule has 0 spiro atoms. The maximum absolute atomic E-state index is 11.6. The molecule has 0 aliphatic rings. The fourth-order valence-corrected chi connectivity index (χ4v) is 1.78. The van der Waals surface area contributed by atoms with Crippen LogP contribution in [0.25, 0.3) is 22.1 Å². The molecule has 0 fully saturated rings. The molecule has 2 heterocycles. The highest BCUT2D eigenvalue weighted by Gasteiger charge is 2.03. The summed E-state index contributed by atoms with van der Waals surface area (Å²) in [5, 5.41) is 1.61. The summed E-state index contributed by atoms with van der Waals surface area (Å²) < 4.78 is 5.30. The molecular formula is C13H9NO2. The van der Waals surface area contributed by atoms with E-state index in [2.05, 4.69) is 4.98 Å². The van der Waals surface area contributed by atoms with Crippen molar-refractivity contribution >= 4 is 10.8 Å². The Balaban J connectivity index is 2.31. The molecule has 0 radical (unpaired) electrons. The number of aromatic amines is 1. The molecule has 0 saturated heterocycles. The Morgan fingerprint density at radius 3 is 2.88 bits per heavy atom. The second-order valence-corrected chi connectivity index (χ2v) is 3.59. The van der Waals surface area contributed by atoms with Gasteiger partial charge in [-0.15, -0.1) is 0 Å². The van der Waals surface area contributed by atoms with Crippen LogP contribution < -0.4 is 5.56 Å². The molecule has 3 aromatic rings. The van der Waals surface area contributed by atoms with E-state index < -0.39 is 0 Å². The second-order valence-electron chi connectivity index (χ2n) is 3.59. The minimum absolute atomic E-state index is 0.0779. The Labute approximate surface area is 91.3 Å². The maximum atomic E-state index is 11.6. The van der Waals surface area contributed by atoms with Crippen molar-refractivity contribution in [2.24, 2.45) is 0 Å². The Morgan fingerprint density at radius 1 is 1.12 bits per heavy atom. The molecule has 0 amide bonds. The average molecular weight is 211 g/mol. The SMILES string of the molecule is O=c1[nH]ccc2ccc(-c3ccco3)cc12. The van der Waals surface area contributed by atoms with Gasteiger partial charge in [-0.05, 0) is 29.7 Å². The average Bonchev–Trinajstić information content (AvgIpc) is 2.83. The lowest BCUT2D eigenvalue weighted by Crippen LogP contribution is -2.04. The first kappa shape index (κ1) is 8.97. The van der Waals surface area contributed by atoms with E-state index in [1.54, 1.807) is 12.5 Å². The van der Waals surface area contributed by atoms with Crippen LogP contribution in [-0.4, -0.2) is 4.98 Å². The Morgan fingerprint density at radius 2 is 2.06 bits per heavy atom. The van der Waals surface area contributed by atoms with Gasteiger partial charge in [-0.25, -0.2) is 0 Å². The van der Waals surface area contributed by atoms with Crippen molar-refractivity contribution in [3.63, 3.8) is 0 Å². The summed E-state index contributed by atoms with van der Waals surface area (Å²) in [6.45, 7) is 0. The van der Waals surface area contributed by atoms with Crippen LogP contribution in [0.2, 0.25) is 0 Å². The number of pyridine rings is 1. The smallest absolute Gasteiger partial charge is 0.255 e. The van der Waals surface area contributed by atoms with Crippen molar-refractivity contribution in [3.05, 3.63) is 59.2 Å². The van der Waals surface area contributed by atoms with Crippen molar-refractivity contribution < 1.29 is 4.42 Å². The monoisotopic (exact) mass is 211 g/mol. The van der Waals surface area contributed by atoms with E-state index >= 15 is 0 Å². The number of rotatable bonds is 1. The van der Waals surface area contributed by atoms with E-state index in [-0.39, 0.29) is 5.56 Å². The second kappa shape index (κ2) is 3.38. The van der Waals surface area contributed by atoms with Gasteiger partial charge in [-0.3, -0.25) is 4.79 Å². The van der Waals surface area contributed by atoms with Gasteiger partial charge in [-0.1, -0.05) is 12.1 Å². The molecule has 0 aliphatic carbocycles. The number of nitrogens with one attached hydrogen (secondary N) is 1. The fourth-order valence-electron chi connectivity index (χ4n) is 1.78. The van der Waals surface area contributed by atoms with Crippen molar-refractivity contribution in [2.45, 2.75) is 0 Å². The first-order valence-electron chi connectivity index (χ1n) is 5.00. The topological polar surface area (TPSA) is 46.0 Å². The van der Waals surface area contributed by atoms with Crippen molar-refractivity contribution in [1.29, 1.82) is 0 Å². The molecule has 0 unspecified atom stereocenters. The zero-order valence-corrected chi connectivity index (χ0v) is 8.44. The minimum atomic E-state index is -0.0779. The molecule has 1 aromatic carbocycles. The van der Waals surface area contributed by atoms with Gasteiger partial charge in [0.1, 0.15) is 5.76 Å². The molecular weight excluding hydrogens is 202 g/mol. The van der Waals surface area contributed by atoms with Crippen LogP contribution >= 0.6 is 0 Å². The third-order valence-corrected chi connectivity index (χ3v) is 2.58. The highest BCUT2D eigenvalue weighted by Crippen LogP contribution is 2.22. The van der Waals surface area contributed by atoms with Gasteiger partial charge in [0.15, 0.2) is 0 Å². The van der Waals surface area contributed by atoms with E-state index in [0.717, 1.165) is 16.7 Å². The van der Waals surface area contributed by atoms with Crippen LogP contribution in [0.5, 0.6) is 0 Å². The number of fused-ring (bicyclic) bond motifs is 1. The zero-order valence-electron chi connectivity index (χ0n) is 8.44. The van der Waals surface area contributed by atoms with E-state index in [1.165, 1.54) is 0 Å². The normalized spacial score (nSPS) is 10.8. The summed E-state index contributed by atoms with van der Waals surface area (Å²) in [6.07, 6.45) is 3.27. The number of furan rings is 1. The van der Waals surface area contributed by atoms with Crippen LogP contribution in [-0.2, 0) is 0 Å². The van der Waals surface area contributed by atoms with Crippen LogP contribution in [0.3, 0.4) is 0 Å². The third kappa shape index (κ3) is 1.34. The first-order valence-corrected chi connectivity index (χ1v) is 5.00. The summed E-state index contributed by atoms with van der Waals surface area (Å²) in [4.78, 5) is 14.3. The third-order valence-electron chi connectivity index (χ3n) is 2.58. The molecule has 3 heteroatoms. The molecule has 0 bridgehead atoms. The highest BCUT2D eigenvalue weighted by molar-refractivity contribution is 5.85. The lowest BCUT2D eigenvalue weighted by molar-refractivity contribution is 0.582. The Hall–Kier alpha value is -2.29. The lowest BCUT2D eigenvalue weighted by Gasteiger charge is -1.99. The van der Waals surface area contributed by atoms with E-state index in [0.29, 0.717) is 5.39 Å². The first-order chi connectivity index (χ1) is 7.84. The van der Waals surface area contributed by atoms with Gasteiger partial charge >= 0.3 is 0 Å². The molecule has 1 N–H and O–H groups in total. The van der Waals surface area contributed by atoms with Crippen molar-refractivity contribution in [3.8, 4) is 11.3 Å². The lowest BCUT2D eigenvalue weighted by atomic mass is 10.1. The quantitative estimate of drug-likeness (QED) is 0.672. The van der Waals surface area contributed by atoms with Gasteiger partial charge in [0.2, 0.25) is 0 Å². The molecule has 3 nitrogen and oxygen atoms in total. The molecule has 0 aliphatic heterocycles. The maximum Gasteiger partial charge on any atom is 0.255 e. The predicted molar refractivity (Wildman–Crippen MR) is 62.3 cm³/mol. The van der Waals surface area contributed by atoms with Crippen LogP contribution in [0.4, 0.5) is 0 Å². The standard InChI is InChI=1S/C13H9NO2/c15-13-11-8-10(12-2-1-7-16-12)4-3-9(11)5-6-14-13/h1-8H,(H,14,15).